The Kier molecular flexibility index (Phi) is 9.84. The minimum absolute atomic E-state index is 0.449. The van der Waals surface area contributed by atoms with E-state index in [1.54, 1.807) is 46.6 Å². The average Bonchev–Trinajstić information content (AvgIpc) is 2.63. The van der Waals surface area contributed by atoms with Gasteiger partial charge in [-0.2, -0.15) is 0 Å². The van der Waals surface area contributed by atoms with Crippen LogP contribution < -0.4 is 9.47 Å². The summed E-state index contributed by atoms with van der Waals surface area (Å²) in [5, 5.41) is 0. The predicted molar refractivity (Wildman–Crippen MR) is 101 cm³/mol. The minimum Gasteiger partial charge on any atom is -0.496 e. The van der Waals surface area contributed by atoms with E-state index < -0.39 is 0 Å². The molecule has 0 atom stereocenters. The molecule has 6 heteroatoms. The van der Waals surface area contributed by atoms with Crippen molar-refractivity contribution in [1.29, 1.82) is 0 Å². The molecule has 0 aliphatic heterocycles. The van der Waals surface area contributed by atoms with Crippen LogP contribution in [0.15, 0.2) is 40.9 Å². The molecule has 0 saturated carbocycles. The number of hydrogen-bond donors (Lipinski definition) is 0. The maximum Gasteiger partial charge on any atom is 0.150 e. The van der Waals surface area contributed by atoms with Crippen LogP contribution in [0.25, 0.3) is 0 Å². The number of rotatable bonds is 7. The molecule has 0 aliphatic carbocycles. The maximum atomic E-state index is 10.5. The van der Waals surface area contributed by atoms with Crippen molar-refractivity contribution < 1.29 is 23.7 Å². The molecule has 0 aromatic heterocycles. The Balaban J connectivity index is 0.000000251. The van der Waals surface area contributed by atoms with Crippen molar-refractivity contribution >= 4 is 22.2 Å². The lowest BCUT2D eigenvalue weighted by Crippen LogP contribution is -1.95. The third-order valence-corrected chi connectivity index (χ3v) is 3.78. The second-order valence-electron chi connectivity index (χ2n) is 5.01. The summed E-state index contributed by atoms with van der Waals surface area (Å²) in [6.07, 6.45) is 0.804. The van der Waals surface area contributed by atoms with Crippen molar-refractivity contribution in [3.05, 3.63) is 57.6 Å². The smallest absolute Gasteiger partial charge is 0.150 e. The Morgan fingerprint density at radius 3 is 1.84 bits per heavy atom. The molecule has 0 fully saturated rings. The van der Waals surface area contributed by atoms with Gasteiger partial charge in [0.15, 0.2) is 0 Å². The molecule has 2 aromatic rings. The summed E-state index contributed by atoms with van der Waals surface area (Å²) in [5.41, 5.74) is 2.57. The Bertz CT molecular complexity index is 673. The van der Waals surface area contributed by atoms with Crippen LogP contribution in [0.3, 0.4) is 0 Å². The van der Waals surface area contributed by atoms with Crippen LogP contribution in [0.5, 0.6) is 11.5 Å². The third kappa shape index (κ3) is 6.86. The summed E-state index contributed by atoms with van der Waals surface area (Å²) in [4.78, 5) is 10.5. The van der Waals surface area contributed by atoms with E-state index >= 15 is 0 Å². The molecule has 0 spiro atoms. The monoisotopic (exact) mass is 410 g/mol. The number of ether oxygens (including phenoxy) is 4. The van der Waals surface area contributed by atoms with Gasteiger partial charge in [0.25, 0.3) is 0 Å². The zero-order chi connectivity index (χ0) is 18.7. The van der Waals surface area contributed by atoms with Gasteiger partial charge in [-0.1, -0.05) is 15.9 Å². The normalized spacial score (nSPS) is 9.80. The molecule has 136 valence electrons. The second-order valence-corrected chi connectivity index (χ2v) is 5.93. The van der Waals surface area contributed by atoms with Gasteiger partial charge in [0.05, 0.1) is 27.4 Å². The van der Waals surface area contributed by atoms with Crippen molar-refractivity contribution in [2.75, 3.05) is 28.4 Å². The molecule has 0 N–H and O–H groups in total. The molecule has 2 aromatic carbocycles. The largest absolute Gasteiger partial charge is 0.496 e. The topological polar surface area (TPSA) is 54.0 Å². The molecular formula is C19H23BrO5. The van der Waals surface area contributed by atoms with E-state index in [0.717, 1.165) is 33.4 Å². The van der Waals surface area contributed by atoms with Crippen LogP contribution in [0, 0.1) is 0 Å². The first-order chi connectivity index (χ1) is 12.1. The second kappa shape index (κ2) is 11.6. The number of benzene rings is 2. The molecule has 0 unspecified atom stereocenters. The van der Waals surface area contributed by atoms with E-state index in [-0.39, 0.29) is 0 Å². The first kappa shape index (κ1) is 21.2. The zero-order valence-electron chi connectivity index (χ0n) is 14.9. The van der Waals surface area contributed by atoms with Gasteiger partial charge in [-0.15, -0.1) is 0 Å². The van der Waals surface area contributed by atoms with Crippen LogP contribution in [0.4, 0.5) is 0 Å². The molecule has 0 aliphatic rings. The Morgan fingerprint density at radius 2 is 1.36 bits per heavy atom. The maximum absolute atomic E-state index is 10.5. The Hall–Kier alpha value is -1.89. The van der Waals surface area contributed by atoms with Crippen molar-refractivity contribution in [3.63, 3.8) is 0 Å². The molecule has 0 amide bonds. The lowest BCUT2D eigenvalue weighted by Gasteiger charge is -2.07. The van der Waals surface area contributed by atoms with Crippen molar-refractivity contribution in [2.45, 2.75) is 13.2 Å². The lowest BCUT2D eigenvalue weighted by molar-refractivity contribution is 0.112. The van der Waals surface area contributed by atoms with E-state index in [1.807, 2.05) is 18.2 Å². The molecule has 2 rings (SSSR count). The molecule has 5 nitrogen and oxygen atoms in total. The van der Waals surface area contributed by atoms with Crippen molar-refractivity contribution in [2.24, 2.45) is 0 Å². The Labute approximate surface area is 157 Å². The quantitative estimate of drug-likeness (QED) is 0.638. The fourth-order valence-corrected chi connectivity index (χ4v) is 2.56. The number of halogens is 1. The van der Waals surface area contributed by atoms with Gasteiger partial charge in [0.1, 0.15) is 17.8 Å². The summed E-state index contributed by atoms with van der Waals surface area (Å²) < 4.78 is 21.3. The number of hydrogen-bond acceptors (Lipinski definition) is 5. The standard InChI is InChI=1S/C10H12O3.C9H11BrO2/c1-12-7-9-5-8(6-11)3-4-10(9)13-2;1-11-6-7-5-8(10)3-4-9(7)12-2/h3-6H,7H2,1-2H3;3-5H,6H2,1-2H3. The number of methoxy groups -OCH3 is 4. The van der Waals surface area contributed by atoms with Crippen LogP contribution in [-0.4, -0.2) is 34.7 Å². The van der Waals surface area contributed by atoms with Gasteiger partial charge in [-0.3, -0.25) is 4.79 Å². The highest BCUT2D eigenvalue weighted by Crippen LogP contribution is 2.23. The fourth-order valence-electron chi connectivity index (χ4n) is 2.16. The summed E-state index contributed by atoms with van der Waals surface area (Å²) in [7, 11) is 6.52. The van der Waals surface area contributed by atoms with E-state index in [2.05, 4.69) is 15.9 Å². The van der Waals surface area contributed by atoms with E-state index in [0.29, 0.717) is 18.8 Å². The SMILES string of the molecule is COCc1cc(Br)ccc1OC.COCc1cc(C=O)ccc1OC. The van der Waals surface area contributed by atoms with Gasteiger partial charge >= 0.3 is 0 Å². The first-order valence-electron chi connectivity index (χ1n) is 7.52. The van der Waals surface area contributed by atoms with Crippen LogP contribution in [-0.2, 0) is 22.7 Å². The number of aldehydes is 1. The van der Waals surface area contributed by atoms with Gasteiger partial charge in [0.2, 0.25) is 0 Å². The molecule has 0 bridgehead atoms. The highest BCUT2D eigenvalue weighted by atomic mass is 79.9. The number of carbonyl (C=O) groups is 1. The van der Waals surface area contributed by atoms with E-state index in [1.165, 1.54) is 0 Å². The van der Waals surface area contributed by atoms with Crippen molar-refractivity contribution in [1.82, 2.24) is 0 Å². The average molecular weight is 411 g/mol. The molecule has 25 heavy (non-hydrogen) atoms. The Morgan fingerprint density at radius 1 is 0.840 bits per heavy atom. The third-order valence-electron chi connectivity index (χ3n) is 3.28. The summed E-state index contributed by atoms with van der Waals surface area (Å²) in [5.74, 6) is 1.60. The summed E-state index contributed by atoms with van der Waals surface area (Å²) in [6, 6.07) is 11.1. The molecule has 0 radical (unpaired) electrons. The molecule has 0 saturated heterocycles. The first-order valence-corrected chi connectivity index (χ1v) is 8.31. The molecule has 0 heterocycles. The van der Waals surface area contributed by atoms with Gasteiger partial charge < -0.3 is 18.9 Å². The fraction of sp³-hybridized carbons (Fsp3) is 0.316. The van der Waals surface area contributed by atoms with E-state index in [9.17, 15) is 4.79 Å². The van der Waals surface area contributed by atoms with E-state index in [4.69, 9.17) is 18.9 Å². The van der Waals surface area contributed by atoms with Crippen LogP contribution in [0.2, 0.25) is 0 Å². The highest BCUT2D eigenvalue weighted by molar-refractivity contribution is 9.10. The minimum atomic E-state index is 0.449. The van der Waals surface area contributed by atoms with Gasteiger partial charge in [-0.05, 0) is 36.4 Å². The molecular weight excluding hydrogens is 388 g/mol. The predicted octanol–water partition coefficient (Wildman–Crippen LogP) is 4.26. The van der Waals surface area contributed by atoms with Crippen LogP contribution >= 0.6 is 15.9 Å². The summed E-state index contributed by atoms with van der Waals surface area (Å²) >= 11 is 3.38. The lowest BCUT2D eigenvalue weighted by atomic mass is 10.1. The van der Waals surface area contributed by atoms with Gasteiger partial charge in [-0.25, -0.2) is 0 Å². The van der Waals surface area contributed by atoms with Crippen LogP contribution in [0.1, 0.15) is 21.5 Å². The summed E-state index contributed by atoms with van der Waals surface area (Å²) in [6.45, 7) is 1.02. The zero-order valence-corrected chi connectivity index (χ0v) is 16.5. The van der Waals surface area contributed by atoms with Crippen molar-refractivity contribution in [3.8, 4) is 11.5 Å². The van der Waals surface area contributed by atoms with Gasteiger partial charge in [0, 0.05) is 35.4 Å². The highest BCUT2D eigenvalue weighted by Gasteiger charge is 2.03. The number of carbonyl (C=O) groups excluding carboxylic acids is 1.